The number of halogens is 1. The third kappa shape index (κ3) is 2.95. The van der Waals surface area contributed by atoms with Crippen molar-refractivity contribution < 1.29 is 0 Å². The van der Waals surface area contributed by atoms with Crippen molar-refractivity contribution in [3.05, 3.63) is 29.3 Å². The van der Waals surface area contributed by atoms with Crippen molar-refractivity contribution >= 4 is 17.3 Å². The highest BCUT2D eigenvalue weighted by molar-refractivity contribution is 6.30. The van der Waals surface area contributed by atoms with E-state index in [1.54, 1.807) is 0 Å². The van der Waals surface area contributed by atoms with Gasteiger partial charge in [0.05, 0.1) is 0 Å². The quantitative estimate of drug-likeness (QED) is 0.930. The van der Waals surface area contributed by atoms with E-state index in [0.29, 0.717) is 0 Å². The Morgan fingerprint density at radius 3 is 2.40 bits per heavy atom. The molecule has 1 saturated heterocycles. The lowest BCUT2D eigenvalue weighted by molar-refractivity contribution is 0.153. The minimum Gasteiger partial charge on any atom is -0.369 e. The Kier molecular flexibility index (Phi) is 4.49. The first-order valence-corrected chi connectivity index (χ1v) is 8.10. The maximum absolute atomic E-state index is 5.95. The van der Waals surface area contributed by atoms with Gasteiger partial charge >= 0.3 is 0 Å². The summed E-state index contributed by atoms with van der Waals surface area (Å²) in [5.74, 6) is 0.720. The molecule has 2 N–H and O–H groups in total. The van der Waals surface area contributed by atoms with Crippen LogP contribution in [0.25, 0.3) is 0 Å². The number of hydrogen-bond donors (Lipinski definition) is 1. The van der Waals surface area contributed by atoms with E-state index in [4.69, 9.17) is 17.3 Å². The van der Waals surface area contributed by atoms with E-state index >= 15 is 0 Å². The molecule has 1 heterocycles. The Balaban J connectivity index is 1.58. The number of benzene rings is 1. The molecule has 1 saturated carbocycles. The molecule has 20 heavy (non-hydrogen) atoms. The third-order valence-electron chi connectivity index (χ3n) is 4.90. The van der Waals surface area contributed by atoms with Crippen LogP contribution < -0.4 is 10.6 Å². The summed E-state index contributed by atoms with van der Waals surface area (Å²) < 4.78 is 0. The Bertz CT molecular complexity index is 426. The van der Waals surface area contributed by atoms with Gasteiger partial charge in [0.2, 0.25) is 0 Å². The van der Waals surface area contributed by atoms with Gasteiger partial charge in [0, 0.05) is 42.9 Å². The minimum absolute atomic E-state index is 0.720. The summed E-state index contributed by atoms with van der Waals surface area (Å²) in [6.45, 7) is 5.38. The molecule has 1 aliphatic heterocycles. The molecule has 1 aromatic carbocycles. The maximum Gasteiger partial charge on any atom is 0.0407 e. The maximum atomic E-state index is 5.95. The number of nitrogens with two attached hydrogens (primary N) is 1. The average Bonchev–Trinajstić information content (AvgIpc) is 2.97. The SMILES string of the molecule is NCC1CCCC1N1CCN(c2ccc(Cl)cc2)CC1. The number of anilines is 1. The lowest BCUT2D eigenvalue weighted by Gasteiger charge is -2.40. The molecule has 1 aromatic rings. The first-order valence-electron chi connectivity index (χ1n) is 7.72. The molecule has 0 bridgehead atoms. The van der Waals surface area contributed by atoms with Crippen molar-refractivity contribution in [1.82, 2.24) is 4.90 Å². The minimum atomic E-state index is 0.720. The van der Waals surface area contributed by atoms with Crippen LogP contribution in [0.3, 0.4) is 0 Å². The molecule has 2 atom stereocenters. The molecule has 2 aliphatic rings. The molecule has 110 valence electrons. The number of hydrogen-bond acceptors (Lipinski definition) is 3. The molecule has 0 aromatic heterocycles. The zero-order chi connectivity index (χ0) is 13.9. The summed E-state index contributed by atoms with van der Waals surface area (Å²) in [4.78, 5) is 5.12. The molecule has 4 heteroatoms. The summed E-state index contributed by atoms with van der Waals surface area (Å²) in [6.07, 6.45) is 4.01. The van der Waals surface area contributed by atoms with Gasteiger partial charge in [-0.1, -0.05) is 18.0 Å². The first-order chi connectivity index (χ1) is 9.78. The molecule has 2 unspecified atom stereocenters. The molecule has 3 rings (SSSR count). The van der Waals surface area contributed by atoms with Crippen molar-refractivity contribution in [3.63, 3.8) is 0 Å². The van der Waals surface area contributed by atoms with Crippen molar-refractivity contribution in [3.8, 4) is 0 Å². The molecular weight excluding hydrogens is 270 g/mol. The van der Waals surface area contributed by atoms with Gasteiger partial charge in [-0.2, -0.15) is 0 Å². The Morgan fingerprint density at radius 1 is 1.05 bits per heavy atom. The molecule has 3 nitrogen and oxygen atoms in total. The molecule has 0 amide bonds. The fourth-order valence-corrected chi connectivity index (χ4v) is 3.86. The second kappa shape index (κ2) is 6.33. The highest BCUT2D eigenvalue weighted by atomic mass is 35.5. The van der Waals surface area contributed by atoms with Gasteiger partial charge in [0.15, 0.2) is 0 Å². The molecule has 1 aliphatic carbocycles. The lowest BCUT2D eigenvalue weighted by Crippen LogP contribution is -2.52. The number of rotatable bonds is 3. The second-order valence-corrected chi connectivity index (χ2v) is 6.43. The standard InChI is InChI=1S/C16H24ClN3/c17-14-4-6-15(7-5-14)19-8-10-20(11-9-19)16-3-1-2-13(16)12-18/h4-7,13,16H,1-3,8-12,18H2. The van der Waals surface area contributed by atoms with Gasteiger partial charge in [-0.05, 0) is 49.6 Å². The smallest absolute Gasteiger partial charge is 0.0407 e. The van der Waals surface area contributed by atoms with E-state index in [1.807, 2.05) is 12.1 Å². The molecule has 0 radical (unpaired) electrons. The van der Waals surface area contributed by atoms with E-state index < -0.39 is 0 Å². The van der Waals surface area contributed by atoms with E-state index in [2.05, 4.69) is 21.9 Å². The number of nitrogens with zero attached hydrogens (tertiary/aromatic N) is 2. The van der Waals surface area contributed by atoms with Gasteiger partial charge < -0.3 is 10.6 Å². The van der Waals surface area contributed by atoms with Crippen LogP contribution >= 0.6 is 11.6 Å². The van der Waals surface area contributed by atoms with E-state index in [1.165, 1.54) is 24.9 Å². The predicted octanol–water partition coefficient (Wildman–Crippen LogP) is 2.59. The van der Waals surface area contributed by atoms with E-state index in [-0.39, 0.29) is 0 Å². The van der Waals surface area contributed by atoms with Gasteiger partial charge in [0.25, 0.3) is 0 Å². The monoisotopic (exact) mass is 293 g/mol. The zero-order valence-corrected chi connectivity index (χ0v) is 12.7. The summed E-state index contributed by atoms with van der Waals surface area (Å²) in [5.41, 5.74) is 7.20. The largest absolute Gasteiger partial charge is 0.369 e. The summed E-state index contributed by atoms with van der Waals surface area (Å²) in [7, 11) is 0. The van der Waals surface area contributed by atoms with Crippen molar-refractivity contribution in [1.29, 1.82) is 0 Å². The summed E-state index contributed by atoms with van der Waals surface area (Å²) in [5, 5.41) is 0.809. The van der Waals surface area contributed by atoms with Crippen LogP contribution in [0.5, 0.6) is 0 Å². The Labute approximate surface area is 126 Å². The van der Waals surface area contributed by atoms with Gasteiger partial charge in [-0.3, -0.25) is 4.90 Å². The fraction of sp³-hybridized carbons (Fsp3) is 0.625. The summed E-state index contributed by atoms with van der Waals surface area (Å²) >= 11 is 5.95. The van der Waals surface area contributed by atoms with Crippen LogP contribution in [0.2, 0.25) is 5.02 Å². The lowest BCUT2D eigenvalue weighted by atomic mass is 10.0. The van der Waals surface area contributed by atoms with Crippen LogP contribution in [0.1, 0.15) is 19.3 Å². The Morgan fingerprint density at radius 2 is 1.75 bits per heavy atom. The predicted molar refractivity (Wildman–Crippen MR) is 85.4 cm³/mol. The van der Waals surface area contributed by atoms with Crippen molar-refractivity contribution in [2.24, 2.45) is 11.7 Å². The molecule has 2 fully saturated rings. The van der Waals surface area contributed by atoms with Crippen LogP contribution in [-0.4, -0.2) is 43.7 Å². The van der Waals surface area contributed by atoms with Crippen molar-refractivity contribution in [2.45, 2.75) is 25.3 Å². The normalized spacial score (nSPS) is 28.0. The zero-order valence-electron chi connectivity index (χ0n) is 12.0. The Hall–Kier alpha value is -0.770. The topological polar surface area (TPSA) is 32.5 Å². The van der Waals surface area contributed by atoms with Crippen LogP contribution in [-0.2, 0) is 0 Å². The molecule has 0 spiro atoms. The van der Waals surface area contributed by atoms with Crippen molar-refractivity contribution in [2.75, 3.05) is 37.6 Å². The fourth-order valence-electron chi connectivity index (χ4n) is 3.74. The van der Waals surface area contributed by atoms with Crippen LogP contribution in [0.4, 0.5) is 5.69 Å². The van der Waals surface area contributed by atoms with Gasteiger partial charge in [0.1, 0.15) is 0 Å². The van der Waals surface area contributed by atoms with Gasteiger partial charge in [-0.25, -0.2) is 0 Å². The first kappa shape index (κ1) is 14.2. The van der Waals surface area contributed by atoms with E-state index in [0.717, 1.165) is 49.7 Å². The van der Waals surface area contributed by atoms with Gasteiger partial charge in [-0.15, -0.1) is 0 Å². The average molecular weight is 294 g/mol. The highest BCUT2D eigenvalue weighted by Gasteiger charge is 2.32. The van der Waals surface area contributed by atoms with E-state index in [9.17, 15) is 0 Å². The van der Waals surface area contributed by atoms with Crippen LogP contribution in [0, 0.1) is 5.92 Å². The third-order valence-corrected chi connectivity index (χ3v) is 5.15. The molecular formula is C16H24ClN3. The summed E-state index contributed by atoms with van der Waals surface area (Å²) in [6, 6.07) is 8.93. The highest BCUT2D eigenvalue weighted by Crippen LogP contribution is 2.30. The second-order valence-electron chi connectivity index (χ2n) is 5.99. The number of piperazine rings is 1. The van der Waals surface area contributed by atoms with Crippen LogP contribution in [0.15, 0.2) is 24.3 Å².